The summed E-state index contributed by atoms with van der Waals surface area (Å²) in [6.45, 7) is 2.26. The Morgan fingerprint density at radius 2 is 2.25 bits per heavy atom. The molecule has 0 bridgehead atoms. The second-order valence-electron chi connectivity index (χ2n) is 5.80. The van der Waals surface area contributed by atoms with Crippen LogP contribution in [0.5, 0.6) is 0 Å². The molecule has 1 aliphatic heterocycles. The zero-order chi connectivity index (χ0) is 13.9. The van der Waals surface area contributed by atoms with Crippen LogP contribution in [-0.2, 0) is 4.79 Å². The molecule has 1 aromatic rings. The lowest BCUT2D eigenvalue weighted by molar-refractivity contribution is -0.128. The van der Waals surface area contributed by atoms with Gasteiger partial charge in [0.25, 0.3) is 0 Å². The van der Waals surface area contributed by atoms with Gasteiger partial charge in [-0.15, -0.1) is 11.3 Å². The molecule has 20 heavy (non-hydrogen) atoms. The topological polar surface area (TPSA) is 35.6 Å². The fourth-order valence-electron chi connectivity index (χ4n) is 3.29. The van der Waals surface area contributed by atoms with E-state index < -0.39 is 0 Å². The third kappa shape index (κ3) is 2.90. The lowest BCUT2D eigenvalue weighted by Gasteiger charge is -2.29. The Bertz CT molecular complexity index is 442. The van der Waals surface area contributed by atoms with Gasteiger partial charge in [-0.05, 0) is 31.3 Å². The van der Waals surface area contributed by atoms with E-state index in [9.17, 15) is 4.79 Å². The van der Waals surface area contributed by atoms with E-state index in [0.29, 0.717) is 6.54 Å². The minimum absolute atomic E-state index is 0.0829. The summed E-state index contributed by atoms with van der Waals surface area (Å²) in [7, 11) is 2.20. The minimum atomic E-state index is 0.0829. The summed E-state index contributed by atoms with van der Waals surface area (Å²) in [4.78, 5) is 17.7. The summed E-state index contributed by atoms with van der Waals surface area (Å²) < 4.78 is 0. The second kappa shape index (κ2) is 6.24. The van der Waals surface area contributed by atoms with Gasteiger partial charge in [0.15, 0.2) is 0 Å². The molecule has 1 saturated carbocycles. The molecule has 2 aliphatic rings. The van der Waals surface area contributed by atoms with Crippen LogP contribution in [-0.4, -0.2) is 48.4 Å². The average Bonchev–Trinajstić information content (AvgIpc) is 3.18. The molecule has 1 unspecified atom stereocenters. The Morgan fingerprint density at radius 1 is 1.45 bits per heavy atom. The first kappa shape index (κ1) is 14.0. The normalized spacial score (nSPS) is 24.2. The number of hydrogen-bond acceptors (Lipinski definition) is 4. The number of rotatable bonds is 5. The van der Waals surface area contributed by atoms with Crippen molar-refractivity contribution in [3.8, 4) is 0 Å². The molecule has 1 N–H and O–H groups in total. The van der Waals surface area contributed by atoms with Gasteiger partial charge in [0.05, 0.1) is 6.54 Å². The van der Waals surface area contributed by atoms with Gasteiger partial charge in [-0.2, -0.15) is 0 Å². The molecule has 4 nitrogen and oxygen atoms in total. The number of amides is 1. The number of thiophene rings is 1. The van der Waals surface area contributed by atoms with Crippen molar-refractivity contribution in [1.29, 1.82) is 0 Å². The van der Waals surface area contributed by atoms with Gasteiger partial charge in [-0.1, -0.05) is 18.9 Å². The third-order valence-corrected chi connectivity index (χ3v) is 5.46. The predicted octanol–water partition coefficient (Wildman–Crippen LogP) is 2.05. The zero-order valence-electron chi connectivity index (χ0n) is 12.0. The van der Waals surface area contributed by atoms with Crippen molar-refractivity contribution in [2.45, 2.75) is 37.9 Å². The molecule has 1 atom stereocenters. The van der Waals surface area contributed by atoms with E-state index in [1.54, 1.807) is 11.3 Å². The molecular formula is C15H23N3OS. The number of nitrogens with zero attached hydrogens (tertiary/aromatic N) is 2. The Labute approximate surface area is 124 Å². The lowest BCUT2D eigenvalue weighted by Crippen LogP contribution is -2.39. The fraction of sp³-hybridized carbons (Fsp3) is 0.667. The standard InChI is InChI=1S/C15H23N3OS/c1-17(12-5-2-3-6-12)8-9-18-14(19)11-16-15(18)13-7-4-10-20-13/h4,7,10,12,15-16H,2-3,5-6,8-9,11H2,1H3. The maximum atomic E-state index is 12.1. The molecule has 2 heterocycles. The molecule has 0 radical (unpaired) electrons. The molecule has 1 saturated heterocycles. The maximum absolute atomic E-state index is 12.1. The van der Waals surface area contributed by atoms with Crippen molar-refractivity contribution in [3.05, 3.63) is 22.4 Å². The molecule has 0 spiro atoms. The van der Waals surface area contributed by atoms with E-state index in [-0.39, 0.29) is 12.1 Å². The van der Waals surface area contributed by atoms with Gasteiger partial charge in [0.1, 0.15) is 6.17 Å². The van der Waals surface area contributed by atoms with Crippen molar-refractivity contribution in [1.82, 2.24) is 15.1 Å². The summed E-state index contributed by atoms with van der Waals surface area (Å²) in [5.41, 5.74) is 0. The lowest BCUT2D eigenvalue weighted by atomic mass is 10.2. The predicted molar refractivity (Wildman–Crippen MR) is 81.7 cm³/mol. The minimum Gasteiger partial charge on any atom is -0.320 e. The molecule has 1 aromatic heterocycles. The summed E-state index contributed by atoms with van der Waals surface area (Å²) in [6, 6.07) is 4.88. The van der Waals surface area contributed by atoms with Crippen LogP contribution in [0.2, 0.25) is 0 Å². The molecule has 3 rings (SSSR count). The van der Waals surface area contributed by atoms with Crippen LogP contribution in [0, 0.1) is 0 Å². The van der Waals surface area contributed by atoms with Crippen LogP contribution in [0.3, 0.4) is 0 Å². The number of nitrogens with one attached hydrogen (secondary N) is 1. The van der Waals surface area contributed by atoms with E-state index in [1.165, 1.54) is 30.6 Å². The quantitative estimate of drug-likeness (QED) is 0.902. The zero-order valence-corrected chi connectivity index (χ0v) is 12.9. The van der Waals surface area contributed by atoms with E-state index in [1.807, 2.05) is 11.0 Å². The van der Waals surface area contributed by atoms with Crippen LogP contribution < -0.4 is 5.32 Å². The van der Waals surface area contributed by atoms with E-state index >= 15 is 0 Å². The van der Waals surface area contributed by atoms with Crippen LogP contribution in [0.15, 0.2) is 17.5 Å². The number of likely N-dealkylation sites (N-methyl/N-ethyl adjacent to an activating group) is 1. The Hall–Kier alpha value is -0.910. The van der Waals surface area contributed by atoms with Crippen molar-refractivity contribution in [3.63, 3.8) is 0 Å². The van der Waals surface area contributed by atoms with Crippen LogP contribution in [0.4, 0.5) is 0 Å². The fourth-order valence-corrected chi connectivity index (χ4v) is 4.10. The molecule has 0 aromatic carbocycles. The number of carbonyl (C=O) groups excluding carboxylic acids is 1. The summed E-state index contributed by atoms with van der Waals surface area (Å²) >= 11 is 1.72. The van der Waals surface area contributed by atoms with Gasteiger partial charge >= 0.3 is 0 Å². The monoisotopic (exact) mass is 293 g/mol. The van der Waals surface area contributed by atoms with E-state index in [4.69, 9.17) is 0 Å². The summed E-state index contributed by atoms with van der Waals surface area (Å²) in [5.74, 6) is 0.225. The van der Waals surface area contributed by atoms with Crippen molar-refractivity contribution in [2.24, 2.45) is 0 Å². The highest BCUT2D eigenvalue weighted by molar-refractivity contribution is 7.10. The van der Waals surface area contributed by atoms with E-state index in [2.05, 4.69) is 28.7 Å². The molecule has 2 fully saturated rings. The largest absolute Gasteiger partial charge is 0.320 e. The van der Waals surface area contributed by atoms with Crippen LogP contribution in [0.1, 0.15) is 36.7 Å². The van der Waals surface area contributed by atoms with E-state index in [0.717, 1.165) is 19.1 Å². The van der Waals surface area contributed by atoms with Crippen molar-refractivity contribution >= 4 is 17.2 Å². The SMILES string of the molecule is CN(CCN1C(=O)CNC1c1cccs1)C1CCCC1. The molecule has 1 aliphatic carbocycles. The molecular weight excluding hydrogens is 270 g/mol. The Kier molecular flexibility index (Phi) is 4.38. The first-order valence-electron chi connectivity index (χ1n) is 7.52. The van der Waals surface area contributed by atoms with Gasteiger partial charge in [-0.25, -0.2) is 0 Å². The first-order chi connectivity index (χ1) is 9.75. The maximum Gasteiger partial charge on any atom is 0.238 e. The van der Waals surface area contributed by atoms with Crippen molar-refractivity contribution < 1.29 is 4.79 Å². The number of hydrogen-bond donors (Lipinski definition) is 1. The summed E-state index contributed by atoms with van der Waals surface area (Å²) in [5, 5.41) is 5.39. The van der Waals surface area contributed by atoms with Gasteiger partial charge in [-0.3, -0.25) is 10.1 Å². The van der Waals surface area contributed by atoms with Gasteiger partial charge < -0.3 is 9.80 Å². The molecule has 110 valence electrons. The molecule has 1 amide bonds. The van der Waals surface area contributed by atoms with Crippen molar-refractivity contribution in [2.75, 3.05) is 26.7 Å². The highest BCUT2D eigenvalue weighted by Crippen LogP contribution is 2.27. The first-order valence-corrected chi connectivity index (χ1v) is 8.40. The average molecular weight is 293 g/mol. The van der Waals surface area contributed by atoms with Gasteiger partial charge in [0, 0.05) is 24.0 Å². The highest BCUT2D eigenvalue weighted by atomic mass is 32.1. The Balaban J connectivity index is 1.58. The molecule has 5 heteroatoms. The summed E-state index contributed by atoms with van der Waals surface area (Å²) in [6.07, 6.45) is 5.43. The Morgan fingerprint density at radius 3 is 2.95 bits per heavy atom. The van der Waals surface area contributed by atoms with Crippen LogP contribution in [0.25, 0.3) is 0 Å². The second-order valence-corrected chi connectivity index (χ2v) is 6.78. The number of carbonyl (C=O) groups is 1. The smallest absolute Gasteiger partial charge is 0.238 e. The highest BCUT2D eigenvalue weighted by Gasteiger charge is 2.32. The third-order valence-electron chi connectivity index (χ3n) is 4.53. The van der Waals surface area contributed by atoms with Gasteiger partial charge in [0.2, 0.25) is 5.91 Å². The van der Waals surface area contributed by atoms with Crippen LogP contribution >= 0.6 is 11.3 Å².